The monoisotopic (exact) mass is 274 g/mol. The first-order chi connectivity index (χ1) is 9.52. The minimum atomic E-state index is 0.0849. The summed E-state index contributed by atoms with van der Waals surface area (Å²) in [5.41, 5.74) is 3.65. The van der Waals surface area contributed by atoms with Gasteiger partial charge in [0, 0.05) is 13.1 Å². The third kappa shape index (κ3) is 6.02. The van der Waals surface area contributed by atoms with Gasteiger partial charge in [-0.25, -0.2) is 0 Å². The molecule has 0 unspecified atom stereocenters. The lowest BCUT2D eigenvalue weighted by molar-refractivity contribution is -0.122. The standard InChI is InChI=1S/C17H26N2O/c1-5-19(12-14(2)3)13-17(20)18-11-10-16-9-7-6-8-15(16)4/h6-9H,2,5,10-13H2,1,3-4H3,(H,18,20). The second-order valence-corrected chi connectivity index (χ2v) is 5.29. The van der Waals surface area contributed by atoms with Crippen molar-refractivity contribution in [2.45, 2.75) is 27.2 Å². The van der Waals surface area contributed by atoms with Crippen LogP contribution in [0.25, 0.3) is 0 Å². The maximum absolute atomic E-state index is 11.9. The first-order valence-electron chi connectivity index (χ1n) is 7.21. The maximum atomic E-state index is 11.9. The van der Waals surface area contributed by atoms with Gasteiger partial charge in [0.15, 0.2) is 0 Å². The minimum absolute atomic E-state index is 0.0849. The largest absolute Gasteiger partial charge is 0.355 e. The summed E-state index contributed by atoms with van der Waals surface area (Å²) >= 11 is 0. The van der Waals surface area contributed by atoms with E-state index in [2.05, 4.69) is 42.8 Å². The molecule has 0 aromatic heterocycles. The second kappa shape index (κ2) is 8.54. The molecule has 1 rings (SSSR count). The van der Waals surface area contributed by atoms with Crippen molar-refractivity contribution in [3.05, 3.63) is 47.5 Å². The van der Waals surface area contributed by atoms with E-state index in [-0.39, 0.29) is 5.91 Å². The van der Waals surface area contributed by atoms with Crippen molar-refractivity contribution in [3.63, 3.8) is 0 Å². The van der Waals surface area contributed by atoms with Crippen LogP contribution in [-0.4, -0.2) is 37.0 Å². The first kappa shape index (κ1) is 16.4. The molecule has 3 heteroatoms. The number of hydrogen-bond acceptors (Lipinski definition) is 2. The molecule has 0 atom stereocenters. The third-order valence-electron chi connectivity index (χ3n) is 3.29. The molecule has 1 amide bonds. The molecule has 1 N–H and O–H groups in total. The Hall–Kier alpha value is -1.61. The molecular weight excluding hydrogens is 248 g/mol. The Labute approximate surface area is 122 Å². The fourth-order valence-electron chi connectivity index (χ4n) is 2.15. The molecule has 0 aliphatic heterocycles. The van der Waals surface area contributed by atoms with E-state index in [1.165, 1.54) is 11.1 Å². The average Bonchev–Trinajstić information content (AvgIpc) is 2.39. The van der Waals surface area contributed by atoms with Crippen molar-refractivity contribution in [2.75, 3.05) is 26.2 Å². The molecule has 0 spiro atoms. The number of benzene rings is 1. The summed E-state index contributed by atoms with van der Waals surface area (Å²) in [5.74, 6) is 0.0849. The molecular formula is C17H26N2O. The quantitative estimate of drug-likeness (QED) is 0.739. The highest BCUT2D eigenvalue weighted by Crippen LogP contribution is 2.06. The predicted octanol–water partition coefficient (Wildman–Crippen LogP) is 2.55. The molecule has 0 saturated carbocycles. The van der Waals surface area contributed by atoms with Crippen LogP contribution in [-0.2, 0) is 11.2 Å². The molecule has 0 aliphatic carbocycles. The number of rotatable bonds is 8. The van der Waals surface area contributed by atoms with Crippen molar-refractivity contribution in [2.24, 2.45) is 0 Å². The molecule has 0 bridgehead atoms. The van der Waals surface area contributed by atoms with Gasteiger partial charge in [0.1, 0.15) is 0 Å². The zero-order chi connectivity index (χ0) is 15.0. The van der Waals surface area contributed by atoms with Gasteiger partial charge in [0.05, 0.1) is 6.54 Å². The maximum Gasteiger partial charge on any atom is 0.234 e. The van der Waals surface area contributed by atoms with Crippen LogP contribution in [0.4, 0.5) is 0 Å². The van der Waals surface area contributed by atoms with Crippen LogP contribution in [0.1, 0.15) is 25.0 Å². The third-order valence-corrected chi connectivity index (χ3v) is 3.29. The van der Waals surface area contributed by atoms with Gasteiger partial charge in [0.2, 0.25) is 5.91 Å². The molecule has 3 nitrogen and oxygen atoms in total. The number of nitrogens with zero attached hydrogens (tertiary/aromatic N) is 1. The molecule has 0 heterocycles. The zero-order valence-corrected chi connectivity index (χ0v) is 12.9. The van der Waals surface area contributed by atoms with Crippen LogP contribution < -0.4 is 5.32 Å². The number of carbonyl (C=O) groups is 1. The van der Waals surface area contributed by atoms with Crippen LogP contribution >= 0.6 is 0 Å². The van der Waals surface area contributed by atoms with E-state index in [4.69, 9.17) is 0 Å². The predicted molar refractivity (Wildman–Crippen MR) is 84.8 cm³/mol. The average molecular weight is 274 g/mol. The summed E-state index contributed by atoms with van der Waals surface area (Å²) in [7, 11) is 0. The van der Waals surface area contributed by atoms with E-state index in [1.807, 2.05) is 19.1 Å². The Morgan fingerprint density at radius 1 is 1.30 bits per heavy atom. The van der Waals surface area contributed by atoms with E-state index in [0.717, 1.165) is 25.1 Å². The van der Waals surface area contributed by atoms with Crippen molar-refractivity contribution >= 4 is 5.91 Å². The number of carbonyl (C=O) groups excluding carboxylic acids is 1. The van der Waals surface area contributed by atoms with Gasteiger partial charge in [-0.2, -0.15) is 0 Å². The summed E-state index contributed by atoms with van der Waals surface area (Å²) < 4.78 is 0. The number of nitrogens with one attached hydrogen (secondary N) is 1. The topological polar surface area (TPSA) is 32.3 Å². The highest BCUT2D eigenvalue weighted by molar-refractivity contribution is 5.78. The van der Waals surface area contributed by atoms with Crippen LogP contribution in [0.15, 0.2) is 36.4 Å². The number of likely N-dealkylation sites (N-methyl/N-ethyl adjacent to an activating group) is 1. The van der Waals surface area contributed by atoms with E-state index >= 15 is 0 Å². The summed E-state index contributed by atoms with van der Waals surface area (Å²) in [6.45, 7) is 12.8. The van der Waals surface area contributed by atoms with Gasteiger partial charge in [-0.1, -0.05) is 43.3 Å². The fraction of sp³-hybridized carbons (Fsp3) is 0.471. The van der Waals surface area contributed by atoms with Gasteiger partial charge in [-0.15, -0.1) is 0 Å². The second-order valence-electron chi connectivity index (χ2n) is 5.29. The van der Waals surface area contributed by atoms with Crippen LogP contribution in [0, 0.1) is 6.92 Å². The summed E-state index contributed by atoms with van der Waals surface area (Å²) in [4.78, 5) is 14.0. The molecule has 20 heavy (non-hydrogen) atoms. The SMILES string of the molecule is C=C(C)CN(CC)CC(=O)NCCc1ccccc1C. The van der Waals surface area contributed by atoms with Crippen molar-refractivity contribution in [1.82, 2.24) is 10.2 Å². The van der Waals surface area contributed by atoms with Gasteiger partial charge in [0.25, 0.3) is 0 Å². The van der Waals surface area contributed by atoms with Crippen LogP contribution in [0.3, 0.4) is 0 Å². The van der Waals surface area contributed by atoms with Gasteiger partial charge in [-0.05, 0) is 37.9 Å². The number of amides is 1. The molecule has 0 radical (unpaired) electrons. The summed E-state index contributed by atoms with van der Waals surface area (Å²) in [5, 5.41) is 2.99. The van der Waals surface area contributed by atoms with Crippen LogP contribution in [0.2, 0.25) is 0 Å². The summed E-state index contributed by atoms with van der Waals surface area (Å²) in [6.07, 6.45) is 0.880. The smallest absolute Gasteiger partial charge is 0.234 e. The lowest BCUT2D eigenvalue weighted by atomic mass is 10.1. The highest BCUT2D eigenvalue weighted by Gasteiger charge is 2.08. The lowest BCUT2D eigenvalue weighted by Crippen LogP contribution is -2.38. The zero-order valence-electron chi connectivity index (χ0n) is 12.9. The normalized spacial score (nSPS) is 10.6. The molecule has 110 valence electrons. The van der Waals surface area contributed by atoms with Gasteiger partial charge in [-0.3, -0.25) is 9.69 Å². The van der Waals surface area contributed by atoms with E-state index in [9.17, 15) is 4.79 Å². The molecule has 0 saturated heterocycles. The van der Waals surface area contributed by atoms with E-state index in [0.29, 0.717) is 13.1 Å². The number of hydrogen-bond donors (Lipinski definition) is 1. The Morgan fingerprint density at radius 2 is 2.00 bits per heavy atom. The van der Waals surface area contributed by atoms with Crippen molar-refractivity contribution in [1.29, 1.82) is 0 Å². The van der Waals surface area contributed by atoms with E-state index in [1.54, 1.807) is 0 Å². The Bertz CT molecular complexity index is 454. The molecule has 1 aromatic rings. The minimum Gasteiger partial charge on any atom is -0.355 e. The highest BCUT2D eigenvalue weighted by atomic mass is 16.2. The van der Waals surface area contributed by atoms with Gasteiger partial charge >= 0.3 is 0 Å². The van der Waals surface area contributed by atoms with E-state index < -0.39 is 0 Å². The Balaban J connectivity index is 2.33. The number of aryl methyl sites for hydroxylation is 1. The molecule has 0 aliphatic rings. The molecule has 1 aromatic carbocycles. The Kier molecular flexibility index (Phi) is 7.02. The Morgan fingerprint density at radius 3 is 2.60 bits per heavy atom. The van der Waals surface area contributed by atoms with Gasteiger partial charge < -0.3 is 5.32 Å². The summed E-state index contributed by atoms with van der Waals surface area (Å²) in [6, 6.07) is 8.29. The van der Waals surface area contributed by atoms with Crippen molar-refractivity contribution < 1.29 is 4.79 Å². The first-order valence-corrected chi connectivity index (χ1v) is 7.21. The molecule has 0 fully saturated rings. The van der Waals surface area contributed by atoms with Crippen molar-refractivity contribution in [3.8, 4) is 0 Å². The fourth-order valence-corrected chi connectivity index (χ4v) is 2.15. The van der Waals surface area contributed by atoms with Crippen LogP contribution in [0.5, 0.6) is 0 Å². The lowest BCUT2D eigenvalue weighted by Gasteiger charge is -2.19.